The number of benzene rings is 1. The highest BCUT2D eigenvalue weighted by Crippen LogP contribution is 1.96. The summed E-state index contributed by atoms with van der Waals surface area (Å²) in [5.74, 6) is 0.818. The molecule has 1 aromatic carbocycles. The molecule has 1 rings (SSSR count). The molecule has 0 aliphatic rings. The van der Waals surface area contributed by atoms with Crippen LogP contribution in [0.2, 0.25) is 0 Å². The minimum Gasteiger partial charge on any atom is -0.356 e. The quantitative estimate of drug-likeness (QED) is 0.374. The van der Waals surface area contributed by atoms with Crippen LogP contribution in [0.4, 0.5) is 0 Å². The van der Waals surface area contributed by atoms with Crippen molar-refractivity contribution in [2.45, 2.75) is 19.9 Å². The molecule has 3 N–H and O–H groups in total. The van der Waals surface area contributed by atoms with E-state index in [-0.39, 0.29) is 5.75 Å². The Balaban J connectivity index is 2.20. The predicted molar refractivity (Wildman–Crippen MR) is 86.7 cm³/mol. The third-order valence-corrected chi connectivity index (χ3v) is 4.28. The van der Waals surface area contributed by atoms with Gasteiger partial charge in [0.1, 0.15) is 0 Å². The van der Waals surface area contributed by atoms with E-state index < -0.39 is 10.0 Å². The summed E-state index contributed by atoms with van der Waals surface area (Å²) in [7, 11) is -1.39. The van der Waals surface area contributed by atoms with E-state index in [2.05, 4.69) is 20.3 Å². The molecule has 0 aromatic heterocycles. The van der Waals surface area contributed by atoms with Gasteiger partial charge in [-0.1, -0.05) is 30.3 Å². The third-order valence-electron chi connectivity index (χ3n) is 2.87. The van der Waals surface area contributed by atoms with Gasteiger partial charge in [-0.2, -0.15) is 0 Å². The number of rotatable bonds is 8. The monoisotopic (exact) mass is 312 g/mol. The van der Waals surface area contributed by atoms with Gasteiger partial charge in [-0.25, -0.2) is 13.1 Å². The zero-order valence-electron chi connectivity index (χ0n) is 12.6. The molecule has 0 heterocycles. The van der Waals surface area contributed by atoms with E-state index in [1.807, 2.05) is 30.3 Å². The summed E-state index contributed by atoms with van der Waals surface area (Å²) in [4.78, 5) is 4.12. The van der Waals surface area contributed by atoms with E-state index in [9.17, 15) is 8.42 Å². The topological polar surface area (TPSA) is 82.6 Å². The summed E-state index contributed by atoms with van der Waals surface area (Å²) < 4.78 is 25.0. The van der Waals surface area contributed by atoms with Gasteiger partial charge in [-0.3, -0.25) is 4.99 Å². The van der Waals surface area contributed by atoms with Crippen LogP contribution in [0.25, 0.3) is 0 Å². The average Bonchev–Trinajstić information content (AvgIpc) is 2.51. The maximum absolute atomic E-state index is 11.2. The van der Waals surface area contributed by atoms with Gasteiger partial charge in [-0.15, -0.1) is 0 Å². The normalized spacial score (nSPS) is 12.2. The summed E-state index contributed by atoms with van der Waals surface area (Å²) in [6.45, 7) is 3.40. The van der Waals surface area contributed by atoms with Gasteiger partial charge in [0.15, 0.2) is 5.96 Å². The third kappa shape index (κ3) is 7.67. The SMILES string of the molecule is CCS(=O)(=O)NCCCNC(=NC)NCc1ccccc1. The van der Waals surface area contributed by atoms with E-state index in [0.717, 1.165) is 0 Å². The maximum Gasteiger partial charge on any atom is 0.211 e. The fourth-order valence-corrected chi connectivity index (χ4v) is 2.29. The van der Waals surface area contributed by atoms with Gasteiger partial charge in [-0.05, 0) is 18.9 Å². The van der Waals surface area contributed by atoms with Crippen LogP contribution in [0.1, 0.15) is 18.9 Å². The number of guanidine groups is 1. The summed E-state index contributed by atoms with van der Waals surface area (Å²) >= 11 is 0. The van der Waals surface area contributed by atoms with Crippen molar-refractivity contribution in [1.29, 1.82) is 0 Å². The molecule has 21 heavy (non-hydrogen) atoms. The van der Waals surface area contributed by atoms with Crippen LogP contribution >= 0.6 is 0 Å². The van der Waals surface area contributed by atoms with Gasteiger partial charge >= 0.3 is 0 Å². The molecule has 7 heteroatoms. The molecule has 0 aliphatic heterocycles. The van der Waals surface area contributed by atoms with Crippen LogP contribution in [0, 0.1) is 0 Å². The first-order chi connectivity index (χ1) is 10.1. The van der Waals surface area contributed by atoms with E-state index in [1.54, 1.807) is 14.0 Å². The predicted octanol–water partition coefficient (Wildman–Crippen LogP) is 0.681. The highest BCUT2D eigenvalue weighted by molar-refractivity contribution is 7.89. The Morgan fingerprint density at radius 1 is 1.14 bits per heavy atom. The van der Waals surface area contributed by atoms with E-state index in [1.165, 1.54) is 5.56 Å². The van der Waals surface area contributed by atoms with Crippen LogP contribution in [-0.2, 0) is 16.6 Å². The summed E-state index contributed by atoms with van der Waals surface area (Å²) in [5, 5.41) is 6.35. The lowest BCUT2D eigenvalue weighted by atomic mass is 10.2. The second kappa shape index (κ2) is 9.36. The molecule has 0 saturated heterocycles. The Bertz CT molecular complexity index is 529. The molecule has 0 amide bonds. The van der Waals surface area contributed by atoms with Gasteiger partial charge < -0.3 is 10.6 Å². The molecular weight excluding hydrogens is 288 g/mol. The van der Waals surface area contributed by atoms with Crippen molar-refractivity contribution in [3.05, 3.63) is 35.9 Å². The zero-order chi connectivity index (χ0) is 15.6. The van der Waals surface area contributed by atoms with Gasteiger partial charge in [0.05, 0.1) is 5.75 Å². The maximum atomic E-state index is 11.2. The van der Waals surface area contributed by atoms with Crippen molar-refractivity contribution >= 4 is 16.0 Å². The van der Waals surface area contributed by atoms with E-state index in [0.29, 0.717) is 32.0 Å². The second-order valence-corrected chi connectivity index (χ2v) is 6.58. The smallest absolute Gasteiger partial charge is 0.211 e. The molecule has 0 atom stereocenters. The lowest BCUT2D eigenvalue weighted by molar-refractivity contribution is 0.579. The molecule has 0 fully saturated rings. The number of sulfonamides is 1. The van der Waals surface area contributed by atoms with E-state index in [4.69, 9.17) is 0 Å². The highest BCUT2D eigenvalue weighted by atomic mass is 32.2. The fourth-order valence-electron chi connectivity index (χ4n) is 1.63. The highest BCUT2D eigenvalue weighted by Gasteiger charge is 2.04. The molecule has 1 aromatic rings. The molecule has 118 valence electrons. The largest absolute Gasteiger partial charge is 0.356 e. The first-order valence-corrected chi connectivity index (χ1v) is 8.68. The molecule has 0 spiro atoms. The van der Waals surface area contributed by atoms with Crippen molar-refractivity contribution in [1.82, 2.24) is 15.4 Å². The van der Waals surface area contributed by atoms with Crippen LogP contribution in [0.3, 0.4) is 0 Å². The van der Waals surface area contributed by atoms with Crippen LogP contribution < -0.4 is 15.4 Å². The van der Waals surface area contributed by atoms with Crippen molar-refractivity contribution < 1.29 is 8.42 Å². The Morgan fingerprint density at radius 2 is 1.86 bits per heavy atom. The molecular formula is C14H24N4O2S. The zero-order valence-corrected chi connectivity index (χ0v) is 13.4. The van der Waals surface area contributed by atoms with E-state index >= 15 is 0 Å². The van der Waals surface area contributed by atoms with Crippen molar-refractivity contribution in [3.63, 3.8) is 0 Å². The standard InChI is InChI=1S/C14H24N4O2S/c1-3-21(19,20)18-11-7-10-16-14(15-2)17-12-13-8-5-4-6-9-13/h4-6,8-9,18H,3,7,10-12H2,1-2H3,(H2,15,16,17). The number of hydrogen-bond acceptors (Lipinski definition) is 3. The molecule has 0 aliphatic carbocycles. The van der Waals surface area contributed by atoms with Crippen LogP contribution in [0.15, 0.2) is 35.3 Å². The van der Waals surface area contributed by atoms with Crippen molar-refractivity contribution in [3.8, 4) is 0 Å². The second-order valence-electron chi connectivity index (χ2n) is 4.49. The minimum atomic E-state index is -3.10. The van der Waals surface area contributed by atoms with Crippen molar-refractivity contribution in [2.75, 3.05) is 25.9 Å². The van der Waals surface area contributed by atoms with Gasteiger partial charge in [0.25, 0.3) is 0 Å². The fraction of sp³-hybridized carbons (Fsp3) is 0.500. The molecule has 0 radical (unpaired) electrons. The number of aliphatic imine (C=N–C) groups is 1. The summed E-state index contributed by atoms with van der Waals surface area (Å²) in [6, 6.07) is 10.0. The van der Waals surface area contributed by atoms with Crippen LogP contribution in [-0.4, -0.2) is 40.3 Å². The molecule has 6 nitrogen and oxygen atoms in total. The summed E-state index contributed by atoms with van der Waals surface area (Å²) in [6.07, 6.45) is 0.700. The van der Waals surface area contributed by atoms with Gasteiger partial charge in [0.2, 0.25) is 10.0 Å². The molecule has 0 bridgehead atoms. The lowest BCUT2D eigenvalue weighted by Gasteiger charge is -2.12. The Morgan fingerprint density at radius 3 is 2.48 bits per heavy atom. The van der Waals surface area contributed by atoms with Gasteiger partial charge in [0, 0.05) is 26.7 Å². The van der Waals surface area contributed by atoms with Crippen molar-refractivity contribution in [2.24, 2.45) is 4.99 Å². The average molecular weight is 312 g/mol. The molecule has 0 unspecified atom stereocenters. The summed E-state index contributed by atoms with van der Waals surface area (Å²) in [5.41, 5.74) is 1.18. The molecule has 0 saturated carbocycles. The lowest BCUT2D eigenvalue weighted by Crippen LogP contribution is -2.38. The Kier molecular flexibility index (Phi) is 7.78. The Hall–Kier alpha value is -1.60. The van der Waals surface area contributed by atoms with Crippen LogP contribution in [0.5, 0.6) is 0 Å². The minimum absolute atomic E-state index is 0.112. The first kappa shape index (κ1) is 17.5. The number of nitrogens with zero attached hydrogens (tertiary/aromatic N) is 1. The first-order valence-electron chi connectivity index (χ1n) is 7.03. The number of hydrogen-bond donors (Lipinski definition) is 3. The number of nitrogens with one attached hydrogen (secondary N) is 3. The Labute approximate surface area is 127 Å².